The van der Waals surface area contributed by atoms with Gasteiger partial charge in [-0.05, 0) is 42.9 Å². The van der Waals surface area contributed by atoms with Crippen LogP contribution in [0.4, 0.5) is 0 Å². The van der Waals surface area contributed by atoms with Gasteiger partial charge in [-0.25, -0.2) is 0 Å². The first-order chi connectivity index (χ1) is 8.65. The molecule has 1 aromatic carbocycles. The van der Waals surface area contributed by atoms with Crippen LogP contribution in [0.15, 0.2) is 18.2 Å². The summed E-state index contributed by atoms with van der Waals surface area (Å²) < 4.78 is 5.68. The molecule has 1 heterocycles. The average Bonchev–Trinajstić information content (AvgIpc) is 2.83. The molecule has 2 rings (SSSR count). The molecule has 1 aliphatic rings. The van der Waals surface area contributed by atoms with Gasteiger partial charge < -0.3 is 4.74 Å². The fourth-order valence-corrected chi connectivity index (χ4v) is 3.47. The fourth-order valence-electron chi connectivity index (χ4n) is 2.82. The fraction of sp³-hybridized carbons (Fsp3) is 0.625. The summed E-state index contributed by atoms with van der Waals surface area (Å²) in [6.45, 7) is 7.51. The van der Waals surface area contributed by atoms with Gasteiger partial charge in [-0.15, -0.1) is 0 Å². The van der Waals surface area contributed by atoms with E-state index in [-0.39, 0.29) is 0 Å². The molecule has 0 bridgehead atoms. The number of alkyl halides is 1. The third kappa shape index (κ3) is 2.97. The van der Waals surface area contributed by atoms with Crippen LogP contribution in [-0.2, 0) is 17.6 Å². The first kappa shape index (κ1) is 14.1. The van der Waals surface area contributed by atoms with Crippen LogP contribution in [0.25, 0.3) is 0 Å². The number of halogens is 1. The third-order valence-electron chi connectivity index (χ3n) is 3.95. The highest BCUT2D eigenvalue weighted by Gasteiger charge is 2.29. The minimum Gasteiger partial charge on any atom is -0.378 e. The second-order valence-electron chi connectivity index (χ2n) is 5.28. The van der Waals surface area contributed by atoms with Gasteiger partial charge >= 0.3 is 0 Å². The molecule has 2 heteroatoms. The maximum absolute atomic E-state index is 5.68. The van der Waals surface area contributed by atoms with Crippen LogP contribution >= 0.6 is 15.9 Å². The molecule has 1 nitrogen and oxygen atoms in total. The van der Waals surface area contributed by atoms with Crippen LogP contribution in [0.5, 0.6) is 0 Å². The maximum Gasteiger partial charge on any atom is 0.0551 e. The highest BCUT2D eigenvalue weighted by atomic mass is 79.9. The van der Waals surface area contributed by atoms with Crippen LogP contribution in [-0.4, -0.2) is 12.7 Å². The number of hydrogen-bond donors (Lipinski definition) is 0. The SMILES string of the molecule is CCc1ccc(C(Br)C2COC(C)C2)cc1CC. The first-order valence-electron chi connectivity index (χ1n) is 7.03. The molecule has 1 saturated heterocycles. The van der Waals surface area contributed by atoms with Gasteiger partial charge in [-0.2, -0.15) is 0 Å². The molecule has 0 amide bonds. The van der Waals surface area contributed by atoms with Crippen molar-refractivity contribution >= 4 is 15.9 Å². The van der Waals surface area contributed by atoms with Crippen LogP contribution in [0.2, 0.25) is 0 Å². The molecular weight excluding hydrogens is 288 g/mol. The lowest BCUT2D eigenvalue weighted by Crippen LogP contribution is -2.08. The maximum atomic E-state index is 5.68. The zero-order valence-corrected chi connectivity index (χ0v) is 13.2. The van der Waals surface area contributed by atoms with E-state index in [1.165, 1.54) is 16.7 Å². The highest BCUT2D eigenvalue weighted by Crippen LogP contribution is 2.38. The van der Waals surface area contributed by atoms with E-state index >= 15 is 0 Å². The summed E-state index contributed by atoms with van der Waals surface area (Å²) in [5.41, 5.74) is 4.38. The van der Waals surface area contributed by atoms with Gasteiger partial charge in [0.2, 0.25) is 0 Å². The summed E-state index contributed by atoms with van der Waals surface area (Å²) in [5.74, 6) is 0.609. The largest absolute Gasteiger partial charge is 0.378 e. The molecule has 1 aliphatic heterocycles. The third-order valence-corrected chi connectivity index (χ3v) is 5.23. The van der Waals surface area contributed by atoms with Gasteiger partial charge in [0.05, 0.1) is 12.7 Å². The van der Waals surface area contributed by atoms with E-state index in [2.05, 4.69) is 54.9 Å². The molecule has 1 aromatic rings. The Kier molecular flexibility index (Phi) is 4.85. The summed E-state index contributed by atoms with van der Waals surface area (Å²) in [6, 6.07) is 6.95. The topological polar surface area (TPSA) is 9.23 Å². The minimum atomic E-state index is 0.413. The molecule has 0 saturated carbocycles. The van der Waals surface area contributed by atoms with E-state index in [1.807, 2.05) is 0 Å². The Hall–Kier alpha value is -0.340. The summed E-state index contributed by atoms with van der Waals surface area (Å²) in [4.78, 5) is 0.429. The molecule has 0 radical (unpaired) electrons. The van der Waals surface area contributed by atoms with Gasteiger partial charge in [-0.1, -0.05) is 48.0 Å². The lowest BCUT2D eigenvalue weighted by molar-refractivity contribution is 0.120. The first-order valence-corrected chi connectivity index (χ1v) is 7.94. The van der Waals surface area contributed by atoms with Crippen LogP contribution < -0.4 is 0 Å². The average molecular weight is 311 g/mol. The van der Waals surface area contributed by atoms with E-state index in [0.29, 0.717) is 16.8 Å². The second kappa shape index (κ2) is 6.21. The number of hydrogen-bond acceptors (Lipinski definition) is 1. The molecule has 0 aliphatic carbocycles. The standard InChI is InChI=1S/C16H23BrO/c1-4-12-6-7-14(9-13(12)5-2)16(17)15-8-11(3)18-10-15/h6-7,9,11,15-16H,4-5,8,10H2,1-3H3. The van der Waals surface area contributed by atoms with Crippen LogP contribution in [0, 0.1) is 5.92 Å². The molecule has 0 N–H and O–H groups in total. The molecule has 18 heavy (non-hydrogen) atoms. The highest BCUT2D eigenvalue weighted by molar-refractivity contribution is 9.09. The number of benzene rings is 1. The Balaban J connectivity index is 2.17. The molecule has 3 atom stereocenters. The van der Waals surface area contributed by atoms with E-state index in [1.54, 1.807) is 0 Å². The quantitative estimate of drug-likeness (QED) is 0.734. The van der Waals surface area contributed by atoms with Crippen molar-refractivity contribution in [2.75, 3.05) is 6.61 Å². The van der Waals surface area contributed by atoms with Crippen molar-refractivity contribution in [3.8, 4) is 0 Å². The predicted molar refractivity (Wildman–Crippen MR) is 80.4 cm³/mol. The summed E-state index contributed by atoms with van der Waals surface area (Å²) in [6.07, 6.45) is 3.82. The van der Waals surface area contributed by atoms with Crippen molar-refractivity contribution in [3.05, 3.63) is 34.9 Å². The van der Waals surface area contributed by atoms with Gasteiger partial charge in [0.1, 0.15) is 0 Å². The van der Waals surface area contributed by atoms with E-state index < -0.39 is 0 Å². The van der Waals surface area contributed by atoms with E-state index in [9.17, 15) is 0 Å². The molecule has 100 valence electrons. The lowest BCUT2D eigenvalue weighted by Gasteiger charge is -2.18. The number of ether oxygens (including phenoxy) is 1. The van der Waals surface area contributed by atoms with Gasteiger partial charge in [0, 0.05) is 10.7 Å². The predicted octanol–water partition coefficient (Wildman–Crippen LogP) is 4.67. The van der Waals surface area contributed by atoms with Crippen molar-refractivity contribution in [1.82, 2.24) is 0 Å². The van der Waals surface area contributed by atoms with Gasteiger partial charge in [0.15, 0.2) is 0 Å². The normalized spacial score (nSPS) is 25.3. The van der Waals surface area contributed by atoms with Gasteiger partial charge in [0.25, 0.3) is 0 Å². The summed E-state index contributed by atoms with van der Waals surface area (Å²) >= 11 is 3.87. The monoisotopic (exact) mass is 310 g/mol. The molecular formula is C16H23BrO. The smallest absolute Gasteiger partial charge is 0.0551 e. The summed E-state index contributed by atoms with van der Waals surface area (Å²) in [7, 11) is 0. The van der Waals surface area contributed by atoms with Crippen molar-refractivity contribution in [2.45, 2.75) is 51.0 Å². The Labute approximate surface area is 119 Å². The molecule has 1 fully saturated rings. The van der Waals surface area contributed by atoms with Crippen molar-refractivity contribution in [3.63, 3.8) is 0 Å². The Bertz CT molecular complexity index is 402. The molecule has 0 spiro atoms. The van der Waals surface area contributed by atoms with Crippen molar-refractivity contribution in [2.24, 2.45) is 5.92 Å². The van der Waals surface area contributed by atoms with Crippen LogP contribution in [0.3, 0.4) is 0 Å². The minimum absolute atomic E-state index is 0.413. The van der Waals surface area contributed by atoms with Crippen LogP contribution in [0.1, 0.15) is 48.7 Å². The second-order valence-corrected chi connectivity index (χ2v) is 6.26. The molecule has 0 aromatic heterocycles. The number of aryl methyl sites for hydroxylation is 2. The Morgan fingerprint density at radius 1 is 1.28 bits per heavy atom. The molecule has 3 unspecified atom stereocenters. The van der Waals surface area contributed by atoms with Gasteiger partial charge in [-0.3, -0.25) is 0 Å². The number of rotatable bonds is 4. The van der Waals surface area contributed by atoms with Crippen molar-refractivity contribution < 1.29 is 4.74 Å². The zero-order valence-electron chi connectivity index (χ0n) is 11.6. The summed E-state index contributed by atoms with van der Waals surface area (Å²) in [5, 5.41) is 0. The van der Waals surface area contributed by atoms with Crippen molar-refractivity contribution in [1.29, 1.82) is 0 Å². The lowest BCUT2D eigenvalue weighted by atomic mass is 9.93. The zero-order chi connectivity index (χ0) is 13.1. The Morgan fingerprint density at radius 3 is 2.56 bits per heavy atom. The van der Waals surface area contributed by atoms with E-state index in [4.69, 9.17) is 4.74 Å². The van der Waals surface area contributed by atoms with E-state index in [0.717, 1.165) is 25.9 Å². The Morgan fingerprint density at radius 2 is 2.00 bits per heavy atom.